The molecular weight excluding hydrogens is 287 g/mol. The van der Waals surface area contributed by atoms with Crippen LogP contribution in [0.4, 0.5) is 5.69 Å². The summed E-state index contributed by atoms with van der Waals surface area (Å²) in [5.41, 5.74) is 7.49. The van der Waals surface area contributed by atoms with Crippen molar-refractivity contribution in [2.45, 2.75) is 6.92 Å². The third kappa shape index (κ3) is 2.50. The normalized spacial score (nSPS) is 10.5. The molecule has 19 heavy (non-hydrogen) atoms. The van der Waals surface area contributed by atoms with E-state index in [2.05, 4.69) is 4.98 Å². The van der Waals surface area contributed by atoms with E-state index in [1.54, 1.807) is 12.1 Å². The minimum absolute atomic E-state index is 0.0197. The van der Waals surface area contributed by atoms with Crippen molar-refractivity contribution >= 4 is 34.9 Å². The number of benzene rings is 1. The van der Waals surface area contributed by atoms with Crippen molar-refractivity contribution in [3.63, 3.8) is 0 Å². The molecule has 0 unspecified atom stereocenters. The van der Waals surface area contributed by atoms with Gasteiger partial charge in [0.05, 0.1) is 21.4 Å². The zero-order valence-electron chi connectivity index (χ0n) is 9.95. The third-order valence-electron chi connectivity index (χ3n) is 2.64. The molecule has 0 aliphatic heterocycles. The maximum Gasteiger partial charge on any atom is 0.356 e. The molecule has 0 bridgehead atoms. The fourth-order valence-corrected chi connectivity index (χ4v) is 2.12. The third-order valence-corrected chi connectivity index (χ3v) is 3.41. The molecule has 3 N–H and O–H groups in total. The molecular formula is C13H10Cl2N2O2. The number of nitrogens with zero attached hydrogens (tertiary/aromatic N) is 1. The first-order valence-corrected chi connectivity index (χ1v) is 6.12. The van der Waals surface area contributed by atoms with Crippen molar-refractivity contribution < 1.29 is 9.90 Å². The lowest BCUT2D eigenvalue weighted by Gasteiger charge is -2.10. The quantitative estimate of drug-likeness (QED) is 0.887. The highest BCUT2D eigenvalue weighted by atomic mass is 35.5. The number of carboxylic acids is 1. The number of pyridine rings is 1. The maximum absolute atomic E-state index is 11.1. The summed E-state index contributed by atoms with van der Waals surface area (Å²) in [6.45, 7) is 1.94. The van der Waals surface area contributed by atoms with Crippen LogP contribution in [-0.4, -0.2) is 16.1 Å². The first-order valence-electron chi connectivity index (χ1n) is 5.36. The molecule has 6 heteroatoms. The summed E-state index contributed by atoms with van der Waals surface area (Å²) >= 11 is 11.9. The van der Waals surface area contributed by atoms with Gasteiger partial charge in [0, 0.05) is 5.56 Å². The van der Waals surface area contributed by atoms with Crippen LogP contribution in [0.3, 0.4) is 0 Å². The van der Waals surface area contributed by atoms with Gasteiger partial charge < -0.3 is 10.8 Å². The van der Waals surface area contributed by atoms with Crippen LogP contribution in [0.25, 0.3) is 11.3 Å². The lowest BCUT2D eigenvalue weighted by Crippen LogP contribution is -2.06. The van der Waals surface area contributed by atoms with E-state index in [4.69, 9.17) is 34.0 Å². The number of hydrogen-bond donors (Lipinski definition) is 2. The summed E-state index contributed by atoms with van der Waals surface area (Å²) < 4.78 is 0. The van der Waals surface area contributed by atoms with E-state index in [1.807, 2.05) is 19.1 Å². The zero-order valence-corrected chi connectivity index (χ0v) is 11.5. The first kappa shape index (κ1) is 13.6. The lowest BCUT2D eigenvalue weighted by atomic mass is 10.1. The Hall–Kier alpha value is -1.78. The van der Waals surface area contributed by atoms with Gasteiger partial charge >= 0.3 is 5.97 Å². The van der Waals surface area contributed by atoms with Crippen molar-refractivity contribution in [3.05, 3.63) is 45.6 Å². The summed E-state index contributed by atoms with van der Waals surface area (Å²) in [5.74, 6) is -1.25. The number of anilines is 1. The van der Waals surface area contributed by atoms with Gasteiger partial charge in [-0.3, -0.25) is 0 Å². The molecule has 0 fully saturated rings. The predicted octanol–water partition coefficient (Wildman–Crippen LogP) is 3.64. The largest absolute Gasteiger partial charge is 0.476 e. The molecule has 1 aromatic heterocycles. The van der Waals surface area contributed by atoms with Crippen molar-refractivity contribution in [3.8, 4) is 11.3 Å². The Balaban J connectivity index is 2.70. The predicted molar refractivity (Wildman–Crippen MR) is 75.8 cm³/mol. The fraction of sp³-hybridized carbons (Fsp3) is 0.0769. The van der Waals surface area contributed by atoms with Crippen molar-refractivity contribution in [1.29, 1.82) is 0 Å². The molecule has 0 saturated heterocycles. The van der Waals surface area contributed by atoms with Crippen LogP contribution in [0, 0.1) is 6.92 Å². The Kier molecular flexibility index (Phi) is 3.64. The number of halogens is 2. The number of carbonyl (C=O) groups is 1. The summed E-state index contributed by atoms with van der Waals surface area (Å²) in [5, 5.41) is 9.06. The first-order chi connectivity index (χ1) is 8.91. The number of hydrogen-bond acceptors (Lipinski definition) is 3. The SMILES string of the molecule is Cc1ccc(-c2nc(C(=O)O)c(Cl)c(N)c2Cl)cc1. The molecule has 2 rings (SSSR count). The zero-order chi connectivity index (χ0) is 14.2. The molecule has 0 atom stereocenters. The molecule has 1 heterocycles. The molecule has 0 spiro atoms. The van der Waals surface area contributed by atoms with Gasteiger partial charge in [0.2, 0.25) is 0 Å². The standard InChI is InChI=1S/C13H10Cl2N2O2/c1-6-2-4-7(5-3-6)11-8(14)10(16)9(15)12(17-11)13(18)19/h2-5H,1H3,(H2,16,17)(H,18,19). The highest BCUT2D eigenvalue weighted by Gasteiger charge is 2.20. The molecule has 2 aromatic rings. The van der Waals surface area contributed by atoms with Crippen molar-refractivity contribution in [2.75, 3.05) is 5.73 Å². The Morgan fingerprint density at radius 1 is 1.21 bits per heavy atom. The minimum Gasteiger partial charge on any atom is -0.476 e. The Labute approximate surface area is 119 Å². The second kappa shape index (κ2) is 5.07. The monoisotopic (exact) mass is 296 g/mol. The van der Waals surface area contributed by atoms with E-state index >= 15 is 0 Å². The average Bonchev–Trinajstić information content (AvgIpc) is 2.37. The van der Waals surface area contributed by atoms with E-state index in [1.165, 1.54) is 0 Å². The fourth-order valence-electron chi connectivity index (χ4n) is 1.61. The number of aromatic nitrogens is 1. The van der Waals surface area contributed by atoms with Gasteiger partial charge in [0.15, 0.2) is 5.69 Å². The van der Waals surface area contributed by atoms with Gasteiger partial charge in [-0.25, -0.2) is 9.78 Å². The maximum atomic E-state index is 11.1. The Bertz CT molecular complexity index is 655. The summed E-state index contributed by atoms with van der Waals surface area (Å²) in [4.78, 5) is 15.1. The summed E-state index contributed by atoms with van der Waals surface area (Å²) in [6, 6.07) is 7.34. The number of nitrogen functional groups attached to an aromatic ring is 1. The van der Waals surface area contributed by atoms with Crippen LogP contribution in [-0.2, 0) is 0 Å². The second-order valence-electron chi connectivity index (χ2n) is 4.02. The topological polar surface area (TPSA) is 76.2 Å². The number of nitrogens with two attached hydrogens (primary N) is 1. The van der Waals surface area contributed by atoms with Gasteiger partial charge in [-0.2, -0.15) is 0 Å². The van der Waals surface area contributed by atoms with E-state index in [9.17, 15) is 4.79 Å². The van der Waals surface area contributed by atoms with E-state index in [0.717, 1.165) is 5.56 Å². The van der Waals surface area contributed by atoms with Crippen molar-refractivity contribution in [1.82, 2.24) is 4.98 Å². The van der Waals surface area contributed by atoms with E-state index in [-0.39, 0.29) is 21.4 Å². The van der Waals surface area contributed by atoms with E-state index in [0.29, 0.717) is 11.3 Å². The molecule has 1 aromatic carbocycles. The minimum atomic E-state index is -1.25. The molecule has 0 radical (unpaired) electrons. The van der Waals surface area contributed by atoms with Crippen LogP contribution < -0.4 is 5.73 Å². The van der Waals surface area contributed by atoms with Gasteiger partial charge in [0.25, 0.3) is 0 Å². The number of rotatable bonds is 2. The highest BCUT2D eigenvalue weighted by molar-refractivity contribution is 6.41. The molecule has 4 nitrogen and oxygen atoms in total. The van der Waals surface area contributed by atoms with Gasteiger partial charge in [-0.05, 0) is 6.92 Å². The van der Waals surface area contributed by atoms with Crippen molar-refractivity contribution in [2.24, 2.45) is 0 Å². The molecule has 0 aliphatic rings. The number of aromatic carboxylic acids is 1. The molecule has 98 valence electrons. The van der Waals surface area contributed by atoms with E-state index < -0.39 is 5.97 Å². The average molecular weight is 297 g/mol. The molecule has 0 saturated carbocycles. The summed E-state index contributed by atoms with van der Waals surface area (Å²) in [6.07, 6.45) is 0. The highest BCUT2D eigenvalue weighted by Crippen LogP contribution is 2.36. The second-order valence-corrected chi connectivity index (χ2v) is 4.78. The Morgan fingerprint density at radius 2 is 1.79 bits per heavy atom. The number of carboxylic acid groups (broad SMARTS) is 1. The summed E-state index contributed by atoms with van der Waals surface area (Å²) in [7, 11) is 0. The molecule has 0 aliphatic carbocycles. The van der Waals surface area contributed by atoms with Gasteiger partial charge in [-0.15, -0.1) is 0 Å². The van der Waals surface area contributed by atoms with Crippen LogP contribution in [0.2, 0.25) is 10.0 Å². The van der Waals surface area contributed by atoms with Crippen LogP contribution in [0.1, 0.15) is 16.1 Å². The van der Waals surface area contributed by atoms with Gasteiger partial charge in [-0.1, -0.05) is 53.0 Å². The lowest BCUT2D eigenvalue weighted by molar-refractivity contribution is 0.0691. The van der Waals surface area contributed by atoms with Crippen LogP contribution >= 0.6 is 23.2 Å². The van der Waals surface area contributed by atoms with Gasteiger partial charge in [0.1, 0.15) is 0 Å². The smallest absolute Gasteiger partial charge is 0.356 e. The van der Waals surface area contributed by atoms with Crippen LogP contribution in [0.5, 0.6) is 0 Å². The molecule has 0 amide bonds. The van der Waals surface area contributed by atoms with Crippen LogP contribution in [0.15, 0.2) is 24.3 Å². The Morgan fingerprint density at radius 3 is 2.32 bits per heavy atom. The number of aryl methyl sites for hydroxylation is 1.